The van der Waals surface area contributed by atoms with Crippen molar-refractivity contribution in [1.29, 1.82) is 0 Å². The van der Waals surface area contributed by atoms with Gasteiger partial charge in [0, 0.05) is 12.1 Å². The van der Waals surface area contributed by atoms with Crippen LogP contribution in [-0.4, -0.2) is 25.3 Å². The molecule has 0 saturated carbocycles. The van der Waals surface area contributed by atoms with Gasteiger partial charge in [0.2, 0.25) is 0 Å². The van der Waals surface area contributed by atoms with Gasteiger partial charge in [0.25, 0.3) is 0 Å². The second-order valence-electron chi connectivity index (χ2n) is 3.04. The molecule has 1 aromatic carbocycles. The number of halogens is 1. The van der Waals surface area contributed by atoms with Crippen LogP contribution in [0.2, 0.25) is 0 Å². The minimum atomic E-state index is -1.33. The van der Waals surface area contributed by atoms with E-state index in [4.69, 9.17) is 20.3 Å². The van der Waals surface area contributed by atoms with Gasteiger partial charge in [0.05, 0.1) is 19.8 Å². The lowest BCUT2D eigenvalue weighted by Crippen LogP contribution is -2.22. The van der Waals surface area contributed by atoms with Crippen molar-refractivity contribution in [2.24, 2.45) is 5.73 Å². The standard InChI is InChI=1S/C10H12FNO4/c1-15-6-3-5(11)4-7(16-2)8(6)9(12)10(13)14/h3-4,9H,12H2,1-2H3,(H,13,14). The molecule has 0 saturated heterocycles. The van der Waals surface area contributed by atoms with E-state index in [-0.39, 0.29) is 17.1 Å². The van der Waals surface area contributed by atoms with E-state index < -0.39 is 17.8 Å². The van der Waals surface area contributed by atoms with Gasteiger partial charge in [-0.1, -0.05) is 0 Å². The van der Waals surface area contributed by atoms with Crippen molar-refractivity contribution < 1.29 is 23.8 Å². The molecule has 0 amide bonds. The highest BCUT2D eigenvalue weighted by molar-refractivity contribution is 5.77. The highest BCUT2D eigenvalue weighted by atomic mass is 19.1. The van der Waals surface area contributed by atoms with Crippen molar-refractivity contribution in [2.45, 2.75) is 6.04 Å². The largest absolute Gasteiger partial charge is 0.496 e. The number of ether oxygens (including phenoxy) is 2. The third-order valence-electron chi connectivity index (χ3n) is 2.09. The number of hydrogen-bond donors (Lipinski definition) is 2. The van der Waals surface area contributed by atoms with Gasteiger partial charge in [-0.15, -0.1) is 0 Å². The minimum absolute atomic E-state index is 0.0479. The van der Waals surface area contributed by atoms with E-state index in [0.29, 0.717) is 0 Å². The van der Waals surface area contributed by atoms with Gasteiger partial charge in [0.15, 0.2) is 0 Å². The van der Waals surface area contributed by atoms with Crippen molar-refractivity contribution in [3.05, 3.63) is 23.5 Å². The van der Waals surface area contributed by atoms with E-state index >= 15 is 0 Å². The van der Waals surface area contributed by atoms with Crippen LogP contribution in [0.1, 0.15) is 11.6 Å². The van der Waals surface area contributed by atoms with Crippen molar-refractivity contribution >= 4 is 5.97 Å². The molecule has 0 aromatic heterocycles. The summed E-state index contributed by atoms with van der Waals surface area (Å²) in [4.78, 5) is 10.8. The quantitative estimate of drug-likeness (QED) is 0.802. The Morgan fingerprint density at radius 3 is 2.12 bits per heavy atom. The predicted molar refractivity (Wildman–Crippen MR) is 54.1 cm³/mol. The molecule has 1 unspecified atom stereocenters. The third-order valence-corrected chi connectivity index (χ3v) is 2.09. The Bertz CT molecular complexity index is 383. The maximum atomic E-state index is 13.1. The van der Waals surface area contributed by atoms with Crippen LogP contribution in [0.15, 0.2) is 12.1 Å². The zero-order chi connectivity index (χ0) is 12.3. The van der Waals surface area contributed by atoms with Crippen molar-refractivity contribution in [3.8, 4) is 11.5 Å². The fourth-order valence-electron chi connectivity index (χ4n) is 1.34. The molecule has 5 nitrogen and oxygen atoms in total. The number of aliphatic carboxylic acids is 1. The molecule has 0 fully saturated rings. The Morgan fingerprint density at radius 1 is 1.38 bits per heavy atom. The molecule has 0 bridgehead atoms. The lowest BCUT2D eigenvalue weighted by molar-refractivity contribution is -0.138. The Labute approximate surface area is 91.6 Å². The number of hydrogen-bond acceptors (Lipinski definition) is 4. The van der Waals surface area contributed by atoms with Crippen LogP contribution in [0.3, 0.4) is 0 Å². The van der Waals surface area contributed by atoms with Crippen LogP contribution >= 0.6 is 0 Å². The number of carboxylic acids is 1. The summed E-state index contributed by atoms with van der Waals surface area (Å²) in [5.74, 6) is -1.74. The van der Waals surface area contributed by atoms with E-state index in [2.05, 4.69) is 0 Å². The Hall–Kier alpha value is -1.82. The number of rotatable bonds is 4. The molecule has 0 heterocycles. The van der Waals surface area contributed by atoms with Crippen LogP contribution in [0, 0.1) is 5.82 Å². The summed E-state index contributed by atoms with van der Waals surface area (Å²) in [6, 6.07) is 0.784. The third kappa shape index (κ3) is 2.22. The molecule has 0 aliphatic rings. The van der Waals surface area contributed by atoms with Gasteiger partial charge >= 0.3 is 5.97 Å². The highest BCUT2D eigenvalue weighted by Crippen LogP contribution is 2.34. The number of nitrogens with two attached hydrogens (primary N) is 1. The molecule has 88 valence electrons. The van der Waals surface area contributed by atoms with Gasteiger partial charge in [-0.3, -0.25) is 4.79 Å². The summed E-state index contributed by atoms with van der Waals surface area (Å²) in [5.41, 5.74) is 5.57. The zero-order valence-corrected chi connectivity index (χ0v) is 8.86. The number of carboxylic acid groups (broad SMARTS) is 1. The maximum Gasteiger partial charge on any atom is 0.325 e. The first-order valence-corrected chi connectivity index (χ1v) is 4.41. The fourth-order valence-corrected chi connectivity index (χ4v) is 1.34. The van der Waals surface area contributed by atoms with E-state index in [9.17, 15) is 9.18 Å². The predicted octanol–water partition coefficient (Wildman–Crippen LogP) is 0.927. The summed E-state index contributed by atoms with van der Waals surface area (Å²) in [5, 5.41) is 8.81. The molecule has 0 aliphatic carbocycles. The van der Waals surface area contributed by atoms with E-state index in [1.165, 1.54) is 14.2 Å². The normalized spacial score (nSPS) is 12.0. The second kappa shape index (κ2) is 4.80. The number of carbonyl (C=O) groups is 1. The summed E-state index contributed by atoms with van der Waals surface area (Å²) in [7, 11) is 2.60. The highest BCUT2D eigenvalue weighted by Gasteiger charge is 2.24. The van der Waals surface area contributed by atoms with Crippen molar-refractivity contribution in [2.75, 3.05) is 14.2 Å². The monoisotopic (exact) mass is 229 g/mol. The number of methoxy groups -OCH3 is 2. The lowest BCUT2D eigenvalue weighted by Gasteiger charge is -2.16. The molecular weight excluding hydrogens is 217 g/mol. The molecular formula is C10H12FNO4. The molecule has 1 atom stereocenters. The smallest absolute Gasteiger partial charge is 0.325 e. The summed E-state index contributed by atoms with van der Waals surface area (Å²) in [6.07, 6.45) is 0. The first-order valence-electron chi connectivity index (χ1n) is 4.41. The maximum absolute atomic E-state index is 13.1. The van der Waals surface area contributed by atoms with Crippen molar-refractivity contribution in [3.63, 3.8) is 0 Å². The molecule has 0 radical (unpaired) electrons. The molecule has 0 aliphatic heterocycles. The van der Waals surface area contributed by atoms with Crippen LogP contribution < -0.4 is 15.2 Å². The molecule has 1 rings (SSSR count). The zero-order valence-electron chi connectivity index (χ0n) is 8.86. The van der Waals surface area contributed by atoms with Gasteiger partial charge in [0.1, 0.15) is 23.4 Å². The van der Waals surface area contributed by atoms with Crippen LogP contribution in [0.5, 0.6) is 11.5 Å². The first-order chi connectivity index (χ1) is 7.51. The summed E-state index contributed by atoms with van der Waals surface area (Å²) < 4.78 is 22.9. The van der Waals surface area contributed by atoms with Gasteiger partial charge < -0.3 is 20.3 Å². The van der Waals surface area contributed by atoms with Gasteiger partial charge in [-0.25, -0.2) is 4.39 Å². The van der Waals surface area contributed by atoms with Crippen LogP contribution in [0.25, 0.3) is 0 Å². The Balaban J connectivity index is 3.38. The molecule has 6 heteroatoms. The fraction of sp³-hybridized carbons (Fsp3) is 0.300. The first kappa shape index (κ1) is 12.3. The minimum Gasteiger partial charge on any atom is -0.496 e. The lowest BCUT2D eigenvalue weighted by atomic mass is 10.0. The van der Waals surface area contributed by atoms with Crippen molar-refractivity contribution in [1.82, 2.24) is 0 Å². The topological polar surface area (TPSA) is 81.8 Å². The van der Waals surface area contributed by atoms with Crippen LogP contribution in [0.4, 0.5) is 4.39 Å². The Morgan fingerprint density at radius 2 is 1.81 bits per heavy atom. The van der Waals surface area contributed by atoms with E-state index in [1.807, 2.05) is 0 Å². The number of benzene rings is 1. The molecule has 3 N–H and O–H groups in total. The van der Waals surface area contributed by atoms with Crippen LogP contribution in [-0.2, 0) is 4.79 Å². The SMILES string of the molecule is COc1cc(F)cc(OC)c1C(N)C(=O)O. The summed E-state index contributed by atoms with van der Waals surface area (Å²) >= 11 is 0. The molecule has 1 aromatic rings. The average Bonchev–Trinajstić information content (AvgIpc) is 2.26. The van der Waals surface area contributed by atoms with E-state index in [0.717, 1.165) is 12.1 Å². The Kier molecular flexibility index (Phi) is 3.68. The molecule has 0 spiro atoms. The second-order valence-corrected chi connectivity index (χ2v) is 3.04. The van der Waals surface area contributed by atoms with Gasteiger partial charge in [-0.05, 0) is 0 Å². The van der Waals surface area contributed by atoms with Gasteiger partial charge in [-0.2, -0.15) is 0 Å². The molecule has 16 heavy (non-hydrogen) atoms. The summed E-state index contributed by atoms with van der Waals surface area (Å²) in [6.45, 7) is 0. The van der Waals surface area contributed by atoms with E-state index in [1.54, 1.807) is 0 Å². The average molecular weight is 229 g/mol.